The molecule has 1 aromatic heterocycles. The third kappa shape index (κ3) is 5.67. The van der Waals surface area contributed by atoms with Crippen LogP contribution in [0.3, 0.4) is 0 Å². The van der Waals surface area contributed by atoms with E-state index in [-0.39, 0.29) is 34.8 Å². The van der Waals surface area contributed by atoms with Crippen molar-refractivity contribution in [1.29, 1.82) is 0 Å². The second kappa shape index (κ2) is 11.4. The van der Waals surface area contributed by atoms with Crippen LogP contribution in [0.1, 0.15) is 21.5 Å². The van der Waals surface area contributed by atoms with Gasteiger partial charge < -0.3 is 19.0 Å². The summed E-state index contributed by atoms with van der Waals surface area (Å²) in [6, 6.07) is 27.0. The van der Waals surface area contributed by atoms with Gasteiger partial charge in [-0.25, -0.2) is 9.18 Å². The Morgan fingerprint density at radius 1 is 0.769 bits per heavy atom. The van der Waals surface area contributed by atoms with Gasteiger partial charge >= 0.3 is 12.0 Å². The Hall–Kier alpha value is -5.31. The summed E-state index contributed by atoms with van der Waals surface area (Å²) in [5.74, 6) is -0.644. The molecule has 0 radical (unpaired) electrons. The molecule has 1 heterocycles. The third-order valence-electron chi connectivity index (χ3n) is 5.73. The van der Waals surface area contributed by atoms with E-state index in [4.69, 9.17) is 19.0 Å². The molecule has 5 aromatic rings. The number of hydrogen-bond donors (Lipinski definition) is 0. The zero-order valence-corrected chi connectivity index (χ0v) is 21.0. The molecule has 0 atom stereocenters. The van der Waals surface area contributed by atoms with Crippen molar-refractivity contribution >= 4 is 22.5 Å². The SMILES string of the molecule is COc1cc(OC)nc(Oc2c(C(=O)ON=C(c3ccccc3)c3cccc(F)c3)ccc3ccccc23)n1. The maximum atomic E-state index is 14.0. The molecule has 0 saturated carbocycles. The van der Waals surface area contributed by atoms with E-state index in [2.05, 4.69) is 15.1 Å². The Morgan fingerprint density at radius 2 is 1.46 bits per heavy atom. The molecule has 39 heavy (non-hydrogen) atoms. The van der Waals surface area contributed by atoms with Gasteiger partial charge in [-0.15, -0.1) is 0 Å². The number of aromatic nitrogens is 2. The number of oxime groups is 1. The van der Waals surface area contributed by atoms with Crippen molar-refractivity contribution in [3.63, 3.8) is 0 Å². The lowest BCUT2D eigenvalue weighted by Crippen LogP contribution is -2.09. The van der Waals surface area contributed by atoms with E-state index in [1.807, 2.05) is 36.4 Å². The number of ether oxygens (including phenoxy) is 3. The smallest absolute Gasteiger partial charge is 0.369 e. The predicted octanol–water partition coefficient (Wildman–Crippen LogP) is 6.19. The van der Waals surface area contributed by atoms with E-state index < -0.39 is 11.8 Å². The number of halogens is 1. The van der Waals surface area contributed by atoms with Gasteiger partial charge in [-0.05, 0) is 23.6 Å². The Balaban J connectivity index is 1.56. The summed E-state index contributed by atoms with van der Waals surface area (Å²) in [5, 5.41) is 5.57. The van der Waals surface area contributed by atoms with Crippen molar-refractivity contribution in [2.24, 2.45) is 5.16 Å². The number of carbonyl (C=O) groups is 1. The fourth-order valence-corrected chi connectivity index (χ4v) is 3.88. The van der Waals surface area contributed by atoms with Crippen molar-refractivity contribution in [1.82, 2.24) is 9.97 Å². The number of nitrogens with zero attached hydrogens (tertiary/aromatic N) is 3. The second-order valence-corrected chi connectivity index (χ2v) is 8.20. The van der Waals surface area contributed by atoms with Crippen LogP contribution in [0.5, 0.6) is 23.5 Å². The molecule has 0 aliphatic rings. The summed E-state index contributed by atoms with van der Waals surface area (Å²) in [4.78, 5) is 27.2. The van der Waals surface area contributed by atoms with Gasteiger partial charge in [-0.1, -0.05) is 78.0 Å². The molecule has 194 valence electrons. The first-order valence-electron chi connectivity index (χ1n) is 11.8. The van der Waals surface area contributed by atoms with Crippen LogP contribution >= 0.6 is 0 Å². The molecule has 0 aliphatic carbocycles. The Labute approximate surface area is 223 Å². The minimum Gasteiger partial charge on any atom is -0.481 e. The highest BCUT2D eigenvalue weighted by atomic mass is 19.1. The van der Waals surface area contributed by atoms with E-state index >= 15 is 0 Å². The van der Waals surface area contributed by atoms with Crippen LogP contribution in [0, 0.1) is 5.82 Å². The molecular weight excluding hydrogens is 501 g/mol. The Bertz CT molecular complexity index is 1650. The minimum absolute atomic E-state index is 0.0782. The quantitative estimate of drug-likeness (QED) is 0.136. The van der Waals surface area contributed by atoms with Crippen LogP contribution in [-0.4, -0.2) is 35.9 Å². The van der Waals surface area contributed by atoms with Gasteiger partial charge in [0.15, 0.2) is 5.75 Å². The maximum Gasteiger partial charge on any atom is 0.369 e. The highest BCUT2D eigenvalue weighted by Gasteiger charge is 2.21. The highest BCUT2D eigenvalue weighted by Crippen LogP contribution is 2.34. The fraction of sp³-hybridized carbons (Fsp3) is 0.0667. The molecule has 0 unspecified atom stereocenters. The van der Waals surface area contributed by atoms with Crippen LogP contribution in [0.25, 0.3) is 10.8 Å². The number of fused-ring (bicyclic) bond motifs is 1. The summed E-state index contributed by atoms with van der Waals surface area (Å²) in [6.07, 6.45) is 0. The van der Waals surface area contributed by atoms with Gasteiger partial charge in [-0.2, -0.15) is 9.97 Å². The Morgan fingerprint density at radius 3 is 2.18 bits per heavy atom. The van der Waals surface area contributed by atoms with Gasteiger partial charge in [-0.3, -0.25) is 0 Å². The largest absolute Gasteiger partial charge is 0.481 e. The molecule has 9 heteroatoms. The molecule has 0 fully saturated rings. The molecule has 0 aliphatic heterocycles. The molecule has 0 spiro atoms. The normalized spacial score (nSPS) is 11.2. The summed E-state index contributed by atoms with van der Waals surface area (Å²) in [7, 11) is 2.90. The lowest BCUT2D eigenvalue weighted by Gasteiger charge is -2.13. The molecule has 8 nitrogen and oxygen atoms in total. The number of hydrogen-bond acceptors (Lipinski definition) is 8. The first kappa shape index (κ1) is 25.3. The zero-order valence-electron chi connectivity index (χ0n) is 21.0. The fourth-order valence-electron chi connectivity index (χ4n) is 3.88. The van der Waals surface area contributed by atoms with E-state index in [0.717, 1.165) is 5.39 Å². The summed E-state index contributed by atoms with van der Waals surface area (Å²) in [6.45, 7) is 0. The van der Waals surface area contributed by atoms with Crippen molar-refractivity contribution in [2.75, 3.05) is 14.2 Å². The van der Waals surface area contributed by atoms with Crippen molar-refractivity contribution in [3.05, 3.63) is 120 Å². The summed E-state index contributed by atoms with van der Waals surface area (Å²) < 4.78 is 30.5. The van der Waals surface area contributed by atoms with Crippen LogP contribution in [-0.2, 0) is 4.84 Å². The Kier molecular flexibility index (Phi) is 7.40. The second-order valence-electron chi connectivity index (χ2n) is 8.20. The zero-order chi connectivity index (χ0) is 27.2. The highest BCUT2D eigenvalue weighted by molar-refractivity contribution is 6.13. The van der Waals surface area contributed by atoms with Crippen molar-refractivity contribution in [2.45, 2.75) is 0 Å². The van der Waals surface area contributed by atoms with Gasteiger partial charge in [0.25, 0.3) is 0 Å². The third-order valence-corrected chi connectivity index (χ3v) is 5.73. The van der Waals surface area contributed by atoms with Crippen molar-refractivity contribution < 1.29 is 28.2 Å². The van der Waals surface area contributed by atoms with Gasteiger partial charge in [0.1, 0.15) is 17.1 Å². The average Bonchev–Trinajstić information content (AvgIpc) is 2.97. The minimum atomic E-state index is -0.796. The molecule has 0 N–H and O–H groups in total. The lowest BCUT2D eigenvalue weighted by atomic mass is 10.0. The van der Waals surface area contributed by atoms with E-state index in [1.54, 1.807) is 42.5 Å². The van der Waals surface area contributed by atoms with Gasteiger partial charge in [0.2, 0.25) is 11.8 Å². The first-order chi connectivity index (χ1) is 19.1. The van der Waals surface area contributed by atoms with Crippen LogP contribution < -0.4 is 14.2 Å². The van der Waals surface area contributed by atoms with Gasteiger partial charge in [0.05, 0.1) is 20.3 Å². The molecule has 4 aromatic carbocycles. The topological polar surface area (TPSA) is 92.1 Å². The number of methoxy groups -OCH3 is 2. The molecule has 0 amide bonds. The molecule has 0 saturated heterocycles. The number of rotatable bonds is 8. The van der Waals surface area contributed by atoms with E-state index in [1.165, 1.54) is 32.4 Å². The van der Waals surface area contributed by atoms with Crippen LogP contribution in [0.15, 0.2) is 102 Å². The summed E-state index contributed by atoms with van der Waals surface area (Å²) in [5.41, 5.74) is 1.45. The molecule has 0 bridgehead atoms. The number of benzene rings is 4. The standard InChI is InChI=1S/C30H22FN3O5/c1-36-25-18-26(37-2)33-30(32-25)38-28-23-14-7-6-9-19(23)15-16-24(28)29(35)39-34-27(20-10-4-3-5-11-20)21-12-8-13-22(31)17-21/h3-18H,1-2H3. The van der Waals surface area contributed by atoms with Crippen LogP contribution in [0.4, 0.5) is 4.39 Å². The molecular formula is C30H22FN3O5. The first-order valence-corrected chi connectivity index (χ1v) is 11.8. The van der Waals surface area contributed by atoms with Crippen LogP contribution in [0.2, 0.25) is 0 Å². The molecule has 5 rings (SSSR count). The lowest BCUT2D eigenvalue weighted by molar-refractivity contribution is 0.0514. The van der Waals surface area contributed by atoms with Crippen molar-refractivity contribution in [3.8, 4) is 23.5 Å². The summed E-state index contributed by atoms with van der Waals surface area (Å²) >= 11 is 0. The maximum absolute atomic E-state index is 14.0. The predicted molar refractivity (Wildman–Crippen MR) is 143 cm³/mol. The van der Waals surface area contributed by atoms with E-state index in [9.17, 15) is 9.18 Å². The number of carbonyl (C=O) groups excluding carboxylic acids is 1. The monoisotopic (exact) mass is 523 g/mol. The van der Waals surface area contributed by atoms with Gasteiger partial charge in [0, 0.05) is 16.5 Å². The average molecular weight is 524 g/mol. The van der Waals surface area contributed by atoms with E-state index in [0.29, 0.717) is 16.5 Å².